The van der Waals surface area contributed by atoms with Gasteiger partial charge >= 0.3 is 12.1 Å². The van der Waals surface area contributed by atoms with Gasteiger partial charge in [-0.1, -0.05) is 37.3 Å². The second-order valence-corrected chi connectivity index (χ2v) is 5.66. The lowest BCUT2D eigenvalue weighted by molar-refractivity contribution is -0.140. The van der Waals surface area contributed by atoms with Crippen molar-refractivity contribution in [3.05, 3.63) is 35.9 Å². The van der Waals surface area contributed by atoms with Crippen LogP contribution >= 0.6 is 0 Å². The molecule has 2 atom stereocenters. The number of carbonyl (C=O) groups excluding carboxylic acids is 1. The van der Waals surface area contributed by atoms with Gasteiger partial charge in [0, 0.05) is 5.92 Å². The molecule has 5 heteroatoms. The van der Waals surface area contributed by atoms with Crippen LogP contribution in [0.3, 0.4) is 0 Å². The number of alkyl carbamates (subject to hydrolysis) is 1. The Morgan fingerprint density at radius 1 is 1.20 bits per heavy atom. The van der Waals surface area contributed by atoms with E-state index in [1.54, 1.807) is 27.7 Å². The van der Waals surface area contributed by atoms with E-state index < -0.39 is 23.7 Å². The van der Waals surface area contributed by atoms with Gasteiger partial charge in [0.2, 0.25) is 0 Å². The molecule has 0 aliphatic rings. The Morgan fingerprint density at radius 2 is 1.75 bits per heavy atom. The molecule has 0 aliphatic carbocycles. The van der Waals surface area contributed by atoms with Crippen molar-refractivity contribution in [1.82, 2.24) is 5.32 Å². The minimum absolute atomic E-state index is 0.360. The third kappa shape index (κ3) is 4.91. The molecule has 0 unspecified atom stereocenters. The molecule has 110 valence electrons. The van der Waals surface area contributed by atoms with Crippen molar-refractivity contribution in [3.63, 3.8) is 0 Å². The zero-order valence-electron chi connectivity index (χ0n) is 12.2. The predicted molar refractivity (Wildman–Crippen MR) is 75.7 cm³/mol. The number of hydrogen-bond donors (Lipinski definition) is 2. The van der Waals surface area contributed by atoms with Crippen LogP contribution in [-0.2, 0) is 9.53 Å². The Kier molecular flexibility index (Phi) is 5.13. The first-order valence-electron chi connectivity index (χ1n) is 6.48. The number of aliphatic carboxylic acids is 1. The van der Waals surface area contributed by atoms with E-state index >= 15 is 0 Å². The number of carboxylic acids is 1. The molecule has 0 aliphatic heterocycles. The molecule has 0 saturated heterocycles. The number of rotatable bonds is 4. The molecule has 0 radical (unpaired) electrons. The van der Waals surface area contributed by atoms with E-state index in [4.69, 9.17) is 4.74 Å². The summed E-state index contributed by atoms with van der Waals surface area (Å²) in [6.45, 7) is 6.93. The second-order valence-electron chi connectivity index (χ2n) is 5.66. The van der Waals surface area contributed by atoms with Gasteiger partial charge in [0.05, 0.1) is 0 Å². The topological polar surface area (TPSA) is 75.6 Å². The fraction of sp³-hybridized carbons (Fsp3) is 0.467. The van der Waals surface area contributed by atoms with Crippen LogP contribution in [0.15, 0.2) is 30.3 Å². The van der Waals surface area contributed by atoms with Gasteiger partial charge in [0.1, 0.15) is 11.6 Å². The van der Waals surface area contributed by atoms with Crippen molar-refractivity contribution in [1.29, 1.82) is 0 Å². The summed E-state index contributed by atoms with van der Waals surface area (Å²) in [4.78, 5) is 23.1. The van der Waals surface area contributed by atoms with E-state index in [-0.39, 0.29) is 5.92 Å². The van der Waals surface area contributed by atoms with Crippen molar-refractivity contribution >= 4 is 12.1 Å². The number of nitrogens with one attached hydrogen (secondary N) is 1. The van der Waals surface area contributed by atoms with Gasteiger partial charge in [0.25, 0.3) is 0 Å². The number of carboxylic acid groups (broad SMARTS) is 1. The highest BCUT2D eigenvalue weighted by Crippen LogP contribution is 2.19. The van der Waals surface area contributed by atoms with E-state index in [2.05, 4.69) is 5.32 Å². The molecule has 1 aromatic rings. The minimum atomic E-state index is -1.09. The zero-order valence-corrected chi connectivity index (χ0v) is 12.2. The highest BCUT2D eigenvalue weighted by Gasteiger charge is 2.29. The first-order chi connectivity index (χ1) is 9.20. The first kappa shape index (κ1) is 16.0. The van der Waals surface area contributed by atoms with E-state index in [9.17, 15) is 14.7 Å². The van der Waals surface area contributed by atoms with Gasteiger partial charge in [-0.2, -0.15) is 0 Å². The van der Waals surface area contributed by atoms with E-state index in [0.29, 0.717) is 0 Å². The molecular weight excluding hydrogens is 258 g/mol. The van der Waals surface area contributed by atoms with Crippen LogP contribution in [-0.4, -0.2) is 28.8 Å². The summed E-state index contributed by atoms with van der Waals surface area (Å²) >= 11 is 0. The Balaban J connectivity index is 2.80. The maximum absolute atomic E-state index is 11.7. The molecule has 0 heterocycles. The third-order valence-corrected chi connectivity index (χ3v) is 2.76. The Hall–Kier alpha value is -2.04. The minimum Gasteiger partial charge on any atom is -0.480 e. The third-order valence-electron chi connectivity index (χ3n) is 2.76. The molecule has 0 fully saturated rings. The van der Waals surface area contributed by atoms with Crippen molar-refractivity contribution in [2.75, 3.05) is 0 Å². The smallest absolute Gasteiger partial charge is 0.408 e. The van der Waals surface area contributed by atoms with Crippen LogP contribution in [0.1, 0.15) is 39.2 Å². The van der Waals surface area contributed by atoms with Crippen LogP contribution in [0.4, 0.5) is 4.79 Å². The molecule has 0 saturated carbocycles. The van der Waals surface area contributed by atoms with Gasteiger partial charge in [-0.05, 0) is 26.3 Å². The quantitative estimate of drug-likeness (QED) is 0.888. The number of benzene rings is 1. The predicted octanol–water partition coefficient (Wildman–Crippen LogP) is 2.77. The molecule has 5 nitrogen and oxygen atoms in total. The summed E-state index contributed by atoms with van der Waals surface area (Å²) in [7, 11) is 0. The van der Waals surface area contributed by atoms with Crippen LogP contribution in [0, 0.1) is 0 Å². The number of amides is 1. The van der Waals surface area contributed by atoms with Crippen molar-refractivity contribution in [2.24, 2.45) is 0 Å². The monoisotopic (exact) mass is 279 g/mol. The molecule has 20 heavy (non-hydrogen) atoms. The Labute approximate surface area is 118 Å². The molecule has 0 aromatic heterocycles. The van der Waals surface area contributed by atoms with Crippen molar-refractivity contribution in [2.45, 2.75) is 45.3 Å². The molecule has 0 bridgehead atoms. The van der Waals surface area contributed by atoms with Crippen LogP contribution < -0.4 is 5.32 Å². The fourth-order valence-electron chi connectivity index (χ4n) is 1.78. The van der Waals surface area contributed by atoms with Gasteiger partial charge in [-0.15, -0.1) is 0 Å². The number of carbonyl (C=O) groups is 2. The molecule has 1 amide bonds. The number of hydrogen-bond acceptors (Lipinski definition) is 3. The average Bonchev–Trinajstić information content (AvgIpc) is 2.34. The van der Waals surface area contributed by atoms with E-state index in [0.717, 1.165) is 5.56 Å². The first-order valence-corrected chi connectivity index (χ1v) is 6.48. The van der Waals surface area contributed by atoms with Crippen molar-refractivity contribution < 1.29 is 19.4 Å². The van der Waals surface area contributed by atoms with E-state index in [1.807, 2.05) is 30.3 Å². The summed E-state index contributed by atoms with van der Waals surface area (Å²) in [6.07, 6.45) is -0.729. The Bertz CT molecular complexity index is 465. The highest BCUT2D eigenvalue weighted by atomic mass is 16.6. The molecule has 0 spiro atoms. The average molecular weight is 279 g/mol. The normalized spacial score (nSPS) is 14.2. The summed E-state index contributed by atoms with van der Waals surface area (Å²) in [5.41, 5.74) is 0.180. The SMILES string of the molecule is C[C@H](c1ccccc1)[C@H](NC(=O)OC(C)(C)C)C(=O)O. The molecule has 1 aromatic carbocycles. The highest BCUT2D eigenvalue weighted by molar-refractivity contribution is 5.81. The van der Waals surface area contributed by atoms with Crippen LogP contribution in [0.25, 0.3) is 0 Å². The van der Waals surface area contributed by atoms with Crippen molar-refractivity contribution in [3.8, 4) is 0 Å². The summed E-state index contributed by atoms with van der Waals surface area (Å²) < 4.78 is 5.09. The molecule has 1 rings (SSSR count). The van der Waals surface area contributed by atoms with Crippen LogP contribution in [0.2, 0.25) is 0 Å². The fourth-order valence-corrected chi connectivity index (χ4v) is 1.78. The summed E-state index contributed by atoms with van der Waals surface area (Å²) in [6, 6.07) is 8.14. The lowest BCUT2D eigenvalue weighted by Crippen LogP contribution is -2.46. The zero-order chi connectivity index (χ0) is 15.3. The lowest BCUT2D eigenvalue weighted by Gasteiger charge is -2.25. The maximum Gasteiger partial charge on any atom is 0.408 e. The lowest BCUT2D eigenvalue weighted by atomic mass is 9.93. The van der Waals surface area contributed by atoms with Gasteiger partial charge in [-0.3, -0.25) is 0 Å². The van der Waals surface area contributed by atoms with Gasteiger partial charge < -0.3 is 15.2 Å². The maximum atomic E-state index is 11.7. The van der Waals surface area contributed by atoms with E-state index in [1.165, 1.54) is 0 Å². The van der Waals surface area contributed by atoms with Crippen LogP contribution in [0.5, 0.6) is 0 Å². The standard InChI is InChI=1S/C15H21NO4/c1-10(11-8-6-5-7-9-11)12(13(17)18)16-14(19)20-15(2,3)4/h5-10,12H,1-4H3,(H,16,19)(H,17,18)/t10-,12+/m1/s1. The Morgan fingerprint density at radius 3 is 2.20 bits per heavy atom. The van der Waals surface area contributed by atoms with Gasteiger partial charge in [-0.25, -0.2) is 9.59 Å². The number of ether oxygens (including phenoxy) is 1. The second kappa shape index (κ2) is 6.41. The summed E-state index contributed by atoms with van der Waals surface area (Å²) in [5.74, 6) is -1.45. The van der Waals surface area contributed by atoms with Gasteiger partial charge in [0.15, 0.2) is 0 Å². The molecular formula is C15H21NO4. The molecule has 2 N–H and O–H groups in total. The largest absolute Gasteiger partial charge is 0.480 e. The summed E-state index contributed by atoms with van der Waals surface area (Å²) in [5, 5.41) is 11.7.